The molecule has 26 heavy (non-hydrogen) atoms. The highest BCUT2D eigenvalue weighted by atomic mass is 127. The summed E-state index contributed by atoms with van der Waals surface area (Å²) in [5, 5.41) is 0.581. The fourth-order valence-electron chi connectivity index (χ4n) is 3.72. The van der Waals surface area contributed by atoms with E-state index in [1.165, 1.54) is 7.11 Å². The van der Waals surface area contributed by atoms with Gasteiger partial charge in [0.05, 0.1) is 17.1 Å². The van der Waals surface area contributed by atoms with E-state index < -0.39 is 24.3 Å². The van der Waals surface area contributed by atoms with Crippen LogP contribution in [0.3, 0.4) is 0 Å². The van der Waals surface area contributed by atoms with Gasteiger partial charge in [-0.05, 0) is 28.8 Å². The first-order valence-corrected chi connectivity index (χ1v) is 9.70. The Hall–Kier alpha value is -1.80. The molecule has 0 N–H and O–H groups in total. The summed E-state index contributed by atoms with van der Waals surface area (Å²) in [6, 6.07) is 14.4. The van der Waals surface area contributed by atoms with Crippen molar-refractivity contribution < 1.29 is 19.1 Å². The predicted molar refractivity (Wildman–Crippen MR) is 104 cm³/mol. The van der Waals surface area contributed by atoms with Crippen LogP contribution in [0.25, 0.3) is 0 Å². The van der Waals surface area contributed by atoms with E-state index in [0.29, 0.717) is 5.02 Å². The molecule has 0 unspecified atom stereocenters. The van der Waals surface area contributed by atoms with Gasteiger partial charge in [0.15, 0.2) is 6.23 Å². The third-order valence-corrected chi connectivity index (χ3v) is 6.40. The number of ether oxygens (including phenoxy) is 2. The van der Waals surface area contributed by atoms with Crippen LogP contribution in [-0.4, -0.2) is 30.3 Å². The van der Waals surface area contributed by atoms with E-state index in [2.05, 4.69) is 22.6 Å². The smallest absolute Gasteiger partial charge is 0.412 e. The second-order valence-corrected chi connectivity index (χ2v) is 7.99. The van der Waals surface area contributed by atoms with E-state index in [1.807, 2.05) is 24.3 Å². The summed E-state index contributed by atoms with van der Waals surface area (Å²) in [6.45, 7) is 0. The minimum absolute atomic E-state index is 0.172. The lowest BCUT2D eigenvalue weighted by molar-refractivity contribution is -0.178. The third kappa shape index (κ3) is 2.66. The molecule has 5 nitrogen and oxygen atoms in total. The average molecular weight is 484 g/mol. The molecule has 1 amide bonds. The fraction of sp³-hybridized carbons (Fsp3) is 0.263. The highest BCUT2D eigenvalue weighted by Crippen LogP contribution is 2.52. The second kappa shape index (κ2) is 6.74. The van der Waals surface area contributed by atoms with Crippen LogP contribution >= 0.6 is 34.2 Å². The normalized spacial score (nSPS) is 26.7. The summed E-state index contributed by atoms with van der Waals surface area (Å²) >= 11 is 8.20. The summed E-state index contributed by atoms with van der Waals surface area (Å²) in [5.41, 5.74) is 2.75. The van der Waals surface area contributed by atoms with E-state index in [-0.39, 0.29) is 9.89 Å². The van der Waals surface area contributed by atoms with Crippen molar-refractivity contribution in [2.75, 3.05) is 7.11 Å². The van der Waals surface area contributed by atoms with Crippen molar-refractivity contribution in [1.82, 2.24) is 4.90 Å². The number of hydrogen-bond acceptors (Lipinski definition) is 4. The summed E-state index contributed by atoms with van der Waals surface area (Å²) in [4.78, 5) is 27.0. The molecule has 0 radical (unpaired) electrons. The number of halogens is 2. The van der Waals surface area contributed by atoms with E-state index in [4.69, 9.17) is 21.1 Å². The average Bonchev–Trinajstić information content (AvgIpc) is 2.66. The molecule has 0 aliphatic carbocycles. The second-order valence-electron chi connectivity index (χ2n) is 6.21. The van der Waals surface area contributed by atoms with Gasteiger partial charge in [0.2, 0.25) is 0 Å². The van der Waals surface area contributed by atoms with Crippen molar-refractivity contribution in [2.45, 2.75) is 22.1 Å². The van der Waals surface area contributed by atoms with Crippen molar-refractivity contribution >= 4 is 46.3 Å². The molecule has 1 fully saturated rings. The molecule has 134 valence electrons. The number of esters is 1. The van der Waals surface area contributed by atoms with Gasteiger partial charge in [0.1, 0.15) is 5.92 Å². The highest BCUT2D eigenvalue weighted by molar-refractivity contribution is 14.1. The van der Waals surface area contributed by atoms with Gasteiger partial charge in [-0.3, -0.25) is 9.69 Å². The minimum atomic E-state index is -0.695. The molecule has 0 aromatic heterocycles. The Balaban J connectivity index is 1.91. The molecular weight excluding hydrogens is 469 g/mol. The van der Waals surface area contributed by atoms with Crippen LogP contribution in [0.2, 0.25) is 5.02 Å². The number of nitrogens with zero attached hydrogens (tertiary/aromatic N) is 1. The minimum Gasteiger partial charge on any atom is -0.453 e. The molecule has 4 rings (SSSR count). The topological polar surface area (TPSA) is 55.8 Å². The van der Waals surface area contributed by atoms with Gasteiger partial charge >= 0.3 is 12.1 Å². The van der Waals surface area contributed by atoms with Crippen molar-refractivity contribution in [1.29, 1.82) is 0 Å². The number of hydrogen-bond donors (Lipinski definition) is 0. The zero-order valence-electron chi connectivity index (χ0n) is 13.8. The maximum Gasteiger partial charge on any atom is 0.412 e. The zero-order valence-corrected chi connectivity index (χ0v) is 16.7. The first kappa shape index (κ1) is 17.6. The molecule has 2 heterocycles. The van der Waals surface area contributed by atoms with Gasteiger partial charge in [0.25, 0.3) is 0 Å². The molecule has 2 aliphatic heterocycles. The Morgan fingerprint density at radius 2 is 1.81 bits per heavy atom. The number of carbonyl (C=O) groups excluding carboxylic acids is 2. The van der Waals surface area contributed by atoms with E-state index in [0.717, 1.165) is 16.7 Å². The summed E-state index contributed by atoms with van der Waals surface area (Å²) in [6.07, 6.45) is -1.21. The van der Waals surface area contributed by atoms with Crippen LogP contribution < -0.4 is 0 Å². The Morgan fingerprint density at radius 1 is 1.15 bits per heavy atom. The van der Waals surface area contributed by atoms with Crippen LogP contribution in [0.4, 0.5) is 4.79 Å². The molecule has 2 bridgehead atoms. The van der Waals surface area contributed by atoms with Gasteiger partial charge < -0.3 is 9.47 Å². The van der Waals surface area contributed by atoms with E-state index in [9.17, 15) is 9.59 Å². The van der Waals surface area contributed by atoms with E-state index in [1.54, 1.807) is 29.2 Å². The van der Waals surface area contributed by atoms with Gasteiger partial charge in [-0.1, -0.05) is 70.6 Å². The number of methoxy groups -OCH3 is 1. The lowest BCUT2D eigenvalue weighted by Gasteiger charge is -2.50. The first-order chi connectivity index (χ1) is 12.5. The third-order valence-electron chi connectivity index (χ3n) is 4.86. The fourth-order valence-corrected chi connectivity index (χ4v) is 4.91. The number of rotatable bonds is 1. The Labute approximate surface area is 169 Å². The maximum absolute atomic E-state index is 12.9. The van der Waals surface area contributed by atoms with Crippen molar-refractivity contribution in [2.24, 2.45) is 0 Å². The lowest BCUT2D eigenvalue weighted by Crippen LogP contribution is -2.57. The van der Waals surface area contributed by atoms with Crippen molar-refractivity contribution in [3.8, 4) is 0 Å². The largest absolute Gasteiger partial charge is 0.453 e. The molecule has 7 heteroatoms. The van der Waals surface area contributed by atoms with Gasteiger partial charge in [0, 0.05) is 5.02 Å². The molecule has 0 saturated carbocycles. The number of benzene rings is 2. The van der Waals surface area contributed by atoms with Gasteiger partial charge in [-0.25, -0.2) is 4.79 Å². The van der Waals surface area contributed by atoms with Crippen LogP contribution in [0.1, 0.15) is 32.6 Å². The zero-order chi connectivity index (χ0) is 18.4. The van der Waals surface area contributed by atoms with Crippen LogP contribution in [0, 0.1) is 0 Å². The standard InChI is InChI=1S/C19H15ClINO4/c1-25-19(24)22-16-13-5-3-2-4-12(13)15(21)17(22)26-18(23)14(16)10-6-8-11(20)9-7-10/h2-9,14-17H,1H3/t14-,15+,16-,17-/m1/s1. The molecular formula is C19H15ClINO4. The Kier molecular flexibility index (Phi) is 4.56. The van der Waals surface area contributed by atoms with Gasteiger partial charge in [-0.2, -0.15) is 0 Å². The number of alkyl halides is 1. The monoisotopic (exact) mass is 483 g/mol. The summed E-state index contributed by atoms with van der Waals surface area (Å²) in [7, 11) is 1.33. The number of amides is 1. The van der Waals surface area contributed by atoms with Crippen LogP contribution in [0.5, 0.6) is 0 Å². The number of fused-ring (bicyclic) bond motifs is 4. The van der Waals surface area contributed by atoms with Crippen molar-refractivity contribution in [3.05, 3.63) is 70.2 Å². The first-order valence-electron chi connectivity index (χ1n) is 8.08. The quantitative estimate of drug-likeness (QED) is 0.338. The molecule has 2 aromatic carbocycles. The molecule has 0 spiro atoms. The maximum atomic E-state index is 12.9. The van der Waals surface area contributed by atoms with E-state index >= 15 is 0 Å². The van der Waals surface area contributed by atoms with Crippen LogP contribution in [0.15, 0.2) is 48.5 Å². The summed E-state index contributed by atoms with van der Waals surface area (Å²) < 4.78 is 10.5. The lowest BCUT2D eigenvalue weighted by atomic mass is 9.79. The molecule has 2 aromatic rings. The summed E-state index contributed by atoms with van der Waals surface area (Å²) in [5.74, 6) is -0.994. The predicted octanol–water partition coefficient (Wildman–Crippen LogP) is 4.61. The SMILES string of the molecule is COC(=O)N1[C@@H]2OC(=O)[C@H](c3ccc(Cl)cc3)[C@H]1c1ccccc1[C@@H]2I. The molecule has 2 aliphatic rings. The van der Waals surface area contributed by atoms with Gasteiger partial charge in [-0.15, -0.1) is 0 Å². The van der Waals surface area contributed by atoms with Crippen molar-refractivity contribution in [3.63, 3.8) is 0 Å². The Bertz CT molecular complexity index is 872. The number of carbonyl (C=O) groups is 2. The highest BCUT2D eigenvalue weighted by Gasteiger charge is 2.54. The molecule has 1 saturated heterocycles. The van der Waals surface area contributed by atoms with Crippen LogP contribution in [-0.2, 0) is 14.3 Å². The Morgan fingerprint density at radius 3 is 2.46 bits per heavy atom. The molecule has 4 atom stereocenters.